The Kier molecular flexibility index (Phi) is 5.16. The number of carbonyl (C=O) groups is 2. The van der Waals surface area contributed by atoms with Crippen LogP contribution >= 0.6 is 0 Å². The SMILES string of the molecule is O=C(CC1N=C(N/N=C/c2ccccc2)NC1=O)Nc1ccccc1. The number of benzene rings is 2. The smallest absolute Gasteiger partial charge is 0.252 e. The zero-order valence-electron chi connectivity index (χ0n) is 13.3. The first-order chi connectivity index (χ1) is 12.2. The molecule has 1 unspecified atom stereocenters. The van der Waals surface area contributed by atoms with E-state index >= 15 is 0 Å². The van der Waals surface area contributed by atoms with E-state index in [0.29, 0.717) is 5.69 Å². The van der Waals surface area contributed by atoms with Gasteiger partial charge in [-0.05, 0) is 17.7 Å². The minimum absolute atomic E-state index is 0.0334. The van der Waals surface area contributed by atoms with E-state index in [1.165, 1.54) is 0 Å². The highest BCUT2D eigenvalue weighted by atomic mass is 16.2. The van der Waals surface area contributed by atoms with Gasteiger partial charge in [-0.25, -0.2) is 10.4 Å². The standard InChI is InChI=1S/C18H17N5O2/c24-16(20-14-9-5-2-6-10-14)11-15-17(25)22-18(21-15)23-19-12-13-7-3-1-4-8-13/h1-10,12,15H,11H2,(H,20,24)(H2,21,22,23,25)/b19-12+. The van der Waals surface area contributed by atoms with E-state index in [1.807, 2.05) is 48.5 Å². The van der Waals surface area contributed by atoms with Crippen LogP contribution in [-0.2, 0) is 9.59 Å². The van der Waals surface area contributed by atoms with Crippen molar-refractivity contribution in [2.75, 3.05) is 5.32 Å². The third-order valence-corrected chi connectivity index (χ3v) is 3.45. The van der Waals surface area contributed by atoms with Gasteiger partial charge in [0.2, 0.25) is 11.9 Å². The minimum Gasteiger partial charge on any atom is -0.326 e. The second kappa shape index (κ2) is 7.87. The molecule has 0 aromatic heterocycles. The molecule has 2 aromatic rings. The third kappa shape index (κ3) is 4.74. The summed E-state index contributed by atoms with van der Waals surface area (Å²) in [6.07, 6.45) is 1.58. The highest BCUT2D eigenvalue weighted by Gasteiger charge is 2.28. The van der Waals surface area contributed by atoms with E-state index in [-0.39, 0.29) is 24.2 Å². The van der Waals surface area contributed by atoms with Gasteiger partial charge in [0, 0.05) is 5.69 Å². The van der Waals surface area contributed by atoms with Gasteiger partial charge in [-0.3, -0.25) is 14.9 Å². The second-order valence-electron chi connectivity index (χ2n) is 5.38. The van der Waals surface area contributed by atoms with Crippen LogP contribution < -0.4 is 16.1 Å². The number of hydrogen-bond donors (Lipinski definition) is 3. The van der Waals surface area contributed by atoms with Crippen molar-refractivity contribution in [3.63, 3.8) is 0 Å². The molecule has 2 amide bonds. The van der Waals surface area contributed by atoms with Crippen molar-refractivity contribution in [3.05, 3.63) is 66.2 Å². The number of amides is 2. The number of nitrogens with zero attached hydrogens (tertiary/aromatic N) is 2. The van der Waals surface area contributed by atoms with E-state index in [0.717, 1.165) is 5.56 Å². The fourth-order valence-electron chi connectivity index (χ4n) is 2.26. The van der Waals surface area contributed by atoms with Crippen LogP contribution in [-0.4, -0.2) is 30.0 Å². The summed E-state index contributed by atoms with van der Waals surface area (Å²) in [5.41, 5.74) is 4.27. The summed E-state index contributed by atoms with van der Waals surface area (Å²) in [4.78, 5) is 28.1. The first kappa shape index (κ1) is 16.4. The van der Waals surface area contributed by atoms with E-state index < -0.39 is 6.04 Å². The van der Waals surface area contributed by atoms with Crippen LogP contribution in [0.25, 0.3) is 0 Å². The lowest BCUT2D eigenvalue weighted by atomic mass is 10.2. The highest BCUT2D eigenvalue weighted by Crippen LogP contribution is 2.09. The molecule has 0 spiro atoms. The van der Waals surface area contributed by atoms with Crippen molar-refractivity contribution in [1.82, 2.24) is 10.7 Å². The summed E-state index contributed by atoms with van der Waals surface area (Å²) in [7, 11) is 0. The van der Waals surface area contributed by atoms with Crippen LogP contribution in [0.2, 0.25) is 0 Å². The van der Waals surface area contributed by atoms with Gasteiger partial charge < -0.3 is 5.32 Å². The van der Waals surface area contributed by atoms with Gasteiger partial charge in [0.1, 0.15) is 6.04 Å². The Morgan fingerprint density at radius 1 is 1.12 bits per heavy atom. The average molecular weight is 335 g/mol. The van der Waals surface area contributed by atoms with Crippen molar-refractivity contribution in [2.45, 2.75) is 12.5 Å². The van der Waals surface area contributed by atoms with E-state index in [1.54, 1.807) is 18.3 Å². The van der Waals surface area contributed by atoms with E-state index in [9.17, 15) is 9.59 Å². The summed E-state index contributed by atoms with van der Waals surface area (Å²) in [5.74, 6) is -0.376. The largest absolute Gasteiger partial charge is 0.326 e. The predicted molar refractivity (Wildman–Crippen MR) is 96.2 cm³/mol. The molecule has 0 saturated heterocycles. The first-order valence-electron chi connectivity index (χ1n) is 7.78. The number of guanidine groups is 1. The predicted octanol–water partition coefficient (Wildman–Crippen LogP) is 1.49. The summed E-state index contributed by atoms with van der Waals surface area (Å²) in [6.45, 7) is 0. The topological polar surface area (TPSA) is 94.9 Å². The molecule has 0 aliphatic carbocycles. The Labute approximate surface area is 144 Å². The number of hydrazone groups is 1. The number of rotatable bonds is 5. The Hall–Kier alpha value is -3.48. The van der Waals surface area contributed by atoms with Gasteiger partial charge in [-0.1, -0.05) is 48.5 Å². The maximum atomic E-state index is 12.0. The normalized spacial score (nSPS) is 16.4. The fourth-order valence-corrected chi connectivity index (χ4v) is 2.26. The molecule has 1 atom stereocenters. The van der Waals surface area contributed by atoms with Crippen LogP contribution in [0, 0.1) is 0 Å². The van der Waals surface area contributed by atoms with Crippen LogP contribution in [0.1, 0.15) is 12.0 Å². The van der Waals surface area contributed by atoms with Crippen LogP contribution in [0.5, 0.6) is 0 Å². The van der Waals surface area contributed by atoms with Crippen LogP contribution in [0.3, 0.4) is 0 Å². The minimum atomic E-state index is -0.766. The lowest BCUT2D eigenvalue weighted by Gasteiger charge is -2.06. The molecule has 25 heavy (non-hydrogen) atoms. The lowest BCUT2D eigenvalue weighted by molar-refractivity contribution is -0.123. The van der Waals surface area contributed by atoms with Crippen molar-refractivity contribution in [2.24, 2.45) is 10.1 Å². The van der Waals surface area contributed by atoms with Gasteiger partial charge in [0.25, 0.3) is 5.91 Å². The Balaban J connectivity index is 1.53. The lowest BCUT2D eigenvalue weighted by Crippen LogP contribution is -2.35. The van der Waals surface area contributed by atoms with Gasteiger partial charge in [-0.2, -0.15) is 5.10 Å². The van der Waals surface area contributed by atoms with Crippen LogP contribution in [0.4, 0.5) is 5.69 Å². The molecular weight excluding hydrogens is 318 g/mol. The molecule has 0 bridgehead atoms. The maximum absolute atomic E-state index is 12.0. The molecule has 2 aromatic carbocycles. The summed E-state index contributed by atoms with van der Waals surface area (Å²) in [5, 5.41) is 9.31. The first-order valence-corrected chi connectivity index (χ1v) is 7.78. The molecule has 0 radical (unpaired) electrons. The molecular formula is C18H17N5O2. The zero-order chi connectivity index (χ0) is 17.5. The molecule has 7 heteroatoms. The molecule has 0 saturated carbocycles. The van der Waals surface area contributed by atoms with E-state index in [2.05, 4.69) is 26.2 Å². The van der Waals surface area contributed by atoms with E-state index in [4.69, 9.17) is 0 Å². The monoisotopic (exact) mass is 335 g/mol. The third-order valence-electron chi connectivity index (χ3n) is 3.45. The molecule has 1 aliphatic heterocycles. The Morgan fingerprint density at radius 2 is 1.80 bits per heavy atom. The highest BCUT2D eigenvalue weighted by molar-refractivity contribution is 6.07. The number of hydrogen-bond acceptors (Lipinski definition) is 5. The number of para-hydroxylation sites is 1. The Bertz CT molecular complexity index is 803. The van der Waals surface area contributed by atoms with Crippen molar-refractivity contribution in [1.29, 1.82) is 0 Å². The summed E-state index contributed by atoms with van der Waals surface area (Å²) < 4.78 is 0. The van der Waals surface area contributed by atoms with Crippen molar-refractivity contribution >= 4 is 29.7 Å². The summed E-state index contributed by atoms with van der Waals surface area (Å²) >= 11 is 0. The fraction of sp³-hybridized carbons (Fsp3) is 0.111. The molecule has 0 fully saturated rings. The molecule has 3 N–H and O–H groups in total. The number of nitrogens with one attached hydrogen (secondary N) is 3. The number of aliphatic imine (C=N–C) groups is 1. The molecule has 3 rings (SSSR count). The van der Waals surface area contributed by atoms with Crippen LogP contribution in [0.15, 0.2) is 70.8 Å². The van der Waals surface area contributed by atoms with Crippen molar-refractivity contribution < 1.29 is 9.59 Å². The Morgan fingerprint density at radius 3 is 2.52 bits per heavy atom. The molecule has 1 aliphatic rings. The van der Waals surface area contributed by atoms with Gasteiger partial charge in [0.15, 0.2) is 0 Å². The van der Waals surface area contributed by atoms with Crippen molar-refractivity contribution in [3.8, 4) is 0 Å². The molecule has 7 nitrogen and oxygen atoms in total. The quantitative estimate of drug-likeness (QED) is 0.571. The van der Waals surface area contributed by atoms with Gasteiger partial charge in [0.05, 0.1) is 12.6 Å². The van der Waals surface area contributed by atoms with Gasteiger partial charge in [-0.15, -0.1) is 0 Å². The molecule has 126 valence electrons. The summed E-state index contributed by atoms with van der Waals surface area (Å²) in [6, 6.07) is 17.8. The van der Waals surface area contributed by atoms with Gasteiger partial charge >= 0.3 is 0 Å². The number of anilines is 1. The average Bonchev–Trinajstić information content (AvgIpc) is 2.96. The zero-order valence-corrected chi connectivity index (χ0v) is 13.3. The maximum Gasteiger partial charge on any atom is 0.252 e. The number of carbonyl (C=O) groups excluding carboxylic acids is 2. The second-order valence-corrected chi connectivity index (χ2v) is 5.38. The molecule has 1 heterocycles.